The summed E-state index contributed by atoms with van der Waals surface area (Å²) in [6.07, 6.45) is 25.3. The van der Waals surface area contributed by atoms with Crippen LogP contribution in [-0.4, -0.2) is 10.6 Å². The van der Waals surface area contributed by atoms with E-state index in [0.29, 0.717) is 5.92 Å². The lowest BCUT2D eigenvalue weighted by atomic mass is 9.90. The van der Waals surface area contributed by atoms with E-state index in [1.54, 1.807) is 0 Å². The lowest BCUT2D eigenvalue weighted by Crippen LogP contribution is -2.34. The molecule has 2 atom stereocenters. The fraction of sp³-hybridized carbons (Fsp3) is 0.103. The van der Waals surface area contributed by atoms with Crippen molar-refractivity contribution in [1.29, 1.82) is 0 Å². The molecule has 0 spiro atoms. The fourth-order valence-corrected chi connectivity index (χ4v) is 9.60. The molecule has 60 heavy (non-hydrogen) atoms. The van der Waals surface area contributed by atoms with Gasteiger partial charge in [-0.1, -0.05) is 170 Å². The largest absolute Gasteiger partial charge is 0.335 e. The molecule has 0 N–H and O–H groups in total. The molecular weight excluding hydrogens is 725 g/mol. The van der Waals surface area contributed by atoms with E-state index in [2.05, 4.69) is 228 Å². The van der Waals surface area contributed by atoms with E-state index in [1.807, 2.05) is 0 Å². The highest BCUT2D eigenvalue weighted by atomic mass is 15.2. The molecule has 2 nitrogen and oxygen atoms in total. The summed E-state index contributed by atoms with van der Waals surface area (Å²) in [6.45, 7) is 0. The zero-order chi connectivity index (χ0) is 39.8. The molecule has 3 aliphatic carbocycles. The maximum atomic E-state index is 2.53. The summed E-state index contributed by atoms with van der Waals surface area (Å²) >= 11 is 0. The normalized spacial score (nSPS) is 17.5. The first-order chi connectivity index (χ1) is 29.7. The minimum atomic E-state index is 0.210. The molecule has 3 aliphatic rings. The van der Waals surface area contributed by atoms with E-state index in [1.165, 1.54) is 88.6 Å². The van der Waals surface area contributed by atoms with Gasteiger partial charge in [0.15, 0.2) is 0 Å². The smallest absolute Gasteiger partial charge is 0.0560 e. The summed E-state index contributed by atoms with van der Waals surface area (Å²) in [4.78, 5) is 2.53. The number of anilines is 1. The van der Waals surface area contributed by atoms with Crippen LogP contribution in [0.3, 0.4) is 0 Å². The van der Waals surface area contributed by atoms with Gasteiger partial charge in [-0.3, -0.25) is 0 Å². The molecular formula is C58H46N2. The number of allylic oxidation sites excluding steroid dienone is 9. The molecule has 2 heteroatoms. The molecule has 0 saturated carbocycles. The second-order valence-corrected chi connectivity index (χ2v) is 16.3. The van der Waals surface area contributed by atoms with E-state index in [-0.39, 0.29) is 6.04 Å². The second-order valence-electron chi connectivity index (χ2n) is 16.3. The summed E-state index contributed by atoms with van der Waals surface area (Å²) in [6, 6.07) is 60.4. The van der Waals surface area contributed by atoms with Crippen molar-refractivity contribution in [3.8, 4) is 16.8 Å². The zero-order valence-electron chi connectivity index (χ0n) is 33.7. The number of benzene rings is 7. The molecule has 0 fully saturated rings. The average molecular weight is 771 g/mol. The summed E-state index contributed by atoms with van der Waals surface area (Å²) in [5, 5.41) is 5.19. The maximum absolute atomic E-state index is 2.53. The number of nitrogens with zero attached hydrogens (tertiary/aromatic N) is 2. The van der Waals surface area contributed by atoms with Gasteiger partial charge in [-0.05, 0) is 124 Å². The minimum absolute atomic E-state index is 0.210. The van der Waals surface area contributed by atoms with Crippen LogP contribution in [0.2, 0.25) is 0 Å². The Kier molecular flexibility index (Phi) is 9.32. The van der Waals surface area contributed by atoms with Gasteiger partial charge in [-0.2, -0.15) is 0 Å². The van der Waals surface area contributed by atoms with Crippen molar-refractivity contribution in [1.82, 2.24) is 4.57 Å². The van der Waals surface area contributed by atoms with Crippen LogP contribution in [0.15, 0.2) is 224 Å². The van der Waals surface area contributed by atoms with Crippen molar-refractivity contribution in [2.24, 2.45) is 0 Å². The summed E-state index contributed by atoms with van der Waals surface area (Å²) in [5.41, 5.74) is 15.1. The van der Waals surface area contributed by atoms with Crippen LogP contribution in [0.5, 0.6) is 0 Å². The summed E-state index contributed by atoms with van der Waals surface area (Å²) in [5.74, 6) is 0.304. The molecule has 0 radical (unpaired) electrons. The maximum Gasteiger partial charge on any atom is 0.0560 e. The lowest BCUT2D eigenvalue weighted by molar-refractivity contribution is 0.746. The Morgan fingerprint density at radius 3 is 1.93 bits per heavy atom. The van der Waals surface area contributed by atoms with Gasteiger partial charge in [-0.15, -0.1) is 0 Å². The molecule has 0 bridgehead atoms. The van der Waals surface area contributed by atoms with Crippen LogP contribution < -0.4 is 4.90 Å². The van der Waals surface area contributed by atoms with Crippen molar-refractivity contribution >= 4 is 49.4 Å². The number of hydrogen-bond acceptors (Lipinski definition) is 1. The minimum Gasteiger partial charge on any atom is -0.335 e. The number of fused-ring (bicyclic) bond motifs is 5. The molecule has 7 aromatic carbocycles. The zero-order valence-corrected chi connectivity index (χ0v) is 33.7. The van der Waals surface area contributed by atoms with Gasteiger partial charge in [-0.25, -0.2) is 0 Å². The number of aromatic nitrogens is 1. The van der Waals surface area contributed by atoms with E-state index >= 15 is 0 Å². The van der Waals surface area contributed by atoms with Gasteiger partial charge in [0.2, 0.25) is 0 Å². The van der Waals surface area contributed by atoms with Crippen LogP contribution in [0.25, 0.3) is 60.5 Å². The third-order valence-electron chi connectivity index (χ3n) is 12.7. The monoisotopic (exact) mass is 770 g/mol. The van der Waals surface area contributed by atoms with Gasteiger partial charge in [0.25, 0.3) is 0 Å². The molecule has 1 aromatic heterocycles. The van der Waals surface area contributed by atoms with Crippen molar-refractivity contribution in [3.05, 3.63) is 241 Å². The second kappa shape index (κ2) is 15.5. The quantitative estimate of drug-likeness (QED) is 0.149. The van der Waals surface area contributed by atoms with Gasteiger partial charge < -0.3 is 9.47 Å². The van der Waals surface area contributed by atoms with E-state index in [4.69, 9.17) is 0 Å². The van der Waals surface area contributed by atoms with Gasteiger partial charge >= 0.3 is 0 Å². The highest BCUT2D eigenvalue weighted by Crippen LogP contribution is 2.40. The third kappa shape index (κ3) is 6.65. The predicted octanol–water partition coefficient (Wildman–Crippen LogP) is 15.2. The average Bonchev–Trinajstić information content (AvgIpc) is 3.67. The fourth-order valence-electron chi connectivity index (χ4n) is 9.60. The van der Waals surface area contributed by atoms with Gasteiger partial charge in [0, 0.05) is 33.8 Å². The lowest BCUT2D eigenvalue weighted by Gasteiger charge is -2.35. The number of hydrogen-bond donors (Lipinski definition) is 0. The summed E-state index contributed by atoms with van der Waals surface area (Å²) in [7, 11) is 0. The Bertz CT molecular complexity index is 3060. The Morgan fingerprint density at radius 1 is 0.483 bits per heavy atom. The Morgan fingerprint density at radius 2 is 1.20 bits per heavy atom. The van der Waals surface area contributed by atoms with Crippen molar-refractivity contribution in [3.63, 3.8) is 0 Å². The van der Waals surface area contributed by atoms with Crippen LogP contribution in [0.1, 0.15) is 48.3 Å². The van der Waals surface area contributed by atoms with Crippen LogP contribution in [0, 0.1) is 0 Å². The molecule has 11 rings (SSSR count). The van der Waals surface area contributed by atoms with Crippen LogP contribution >= 0.6 is 0 Å². The molecule has 1 heterocycles. The van der Waals surface area contributed by atoms with Crippen molar-refractivity contribution in [2.75, 3.05) is 4.90 Å². The molecule has 0 amide bonds. The Labute approximate surface area is 352 Å². The van der Waals surface area contributed by atoms with Crippen molar-refractivity contribution in [2.45, 2.75) is 37.6 Å². The number of rotatable bonds is 8. The van der Waals surface area contributed by atoms with Crippen LogP contribution in [-0.2, 0) is 0 Å². The molecule has 2 unspecified atom stereocenters. The predicted molar refractivity (Wildman–Crippen MR) is 256 cm³/mol. The van der Waals surface area contributed by atoms with Gasteiger partial charge in [0.05, 0.1) is 17.1 Å². The first-order valence-electron chi connectivity index (χ1n) is 21.5. The topological polar surface area (TPSA) is 8.17 Å². The molecule has 0 aliphatic heterocycles. The van der Waals surface area contributed by atoms with Crippen LogP contribution in [0.4, 0.5) is 5.69 Å². The highest BCUT2D eigenvalue weighted by molar-refractivity contribution is 6.21. The standard InChI is InChI=1S/C58H46N2/c1-4-12-41(13-5-1)44-20-30-50(31-21-44)59(51-32-22-45(23-33-51)42-14-6-2-7-15-42)52-34-24-46(25-35-52)47-26-36-53(37-27-47)60-56-38-29-49(43-16-8-3-9-17-43)40-55(56)58-54-19-11-10-18-48(54)28-39-57(58)60/h1-2,4-8,10-24,26-32,34-40,46,51H,3,9,25,33H2. The SMILES string of the molecule is C1=CC(c2ccc3c(c2)c2c4ccccc4ccc2n3-c2ccc(C3C=CC(N(c4ccc(-c5ccccc5)cc4)C4C=CC(c5ccccc5)=CC4)=CC3)cc2)=CCC1. The first kappa shape index (κ1) is 36.0. The molecule has 288 valence electrons. The Hall–Kier alpha value is -7.16. The third-order valence-corrected chi connectivity index (χ3v) is 12.7. The molecule has 0 saturated heterocycles. The van der Waals surface area contributed by atoms with E-state index < -0.39 is 0 Å². The summed E-state index contributed by atoms with van der Waals surface area (Å²) < 4.78 is 2.46. The van der Waals surface area contributed by atoms with Gasteiger partial charge in [0.1, 0.15) is 0 Å². The van der Waals surface area contributed by atoms with E-state index in [0.717, 1.165) is 25.7 Å². The van der Waals surface area contributed by atoms with E-state index in [9.17, 15) is 0 Å². The highest BCUT2D eigenvalue weighted by Gasteiger charge is 2.24. The Balaban J connectivity index is 0.899. The first-order valence-corrected chi connectivity index (χ1v) is 21.5. The van der Waals surface area contributed by atoms with Crippen molar-refractivity contribution < 1.29 is 0 Å². The molecule has 8 aromatic rings.